The van der Waals surface area contributed by atoms with Crippen molar-refractivity contribution in [3.05, 3.63) is 57.9 Å². The standard InChI is InChI=1S/C17H19ClFN5/c1-2-12-4-3-5-16-23(6-7-24(12)16)10-13-14(18)8-11(9-15(13)19)22-17(20)21/h3,5,8-9H,2,6-7,10H2,1H3,(H4,20,21,22). The Morgan fingerprint density at radius 3 is 2.83 bits per heavy atom. The van der Waals surface area contributed by atoms with Crippen LogP contribution in [0.25, 0.3) is 0 Å². The average molecular weight is 348 g/mol. The van der Waals surface area contributed by atoms with Crippen LogP contribution in [0.4, 0.5) is 10.1 Å². The molecule has 1 saturated heterocycles. The number of aliphatic imine (C=N–C) groups is 1. The number of nitrogens with zero attached hydrogens (tertiary/aromatic N) is 3. The minimum Gasteiger partial charge on any atom is -0.370 e. The SMILES string of the molecule is CCC1=C=CC=C2N(Cc3c(F)cc(N=C(N)N)cc3Cl)CCN12. The molecule has 2 heterocycles. The second kappa shape index (κ2) is 6.59. The van der Waals surface area contributed by atoms with Gasteiger partial charge in [-0.1, -0.05) is 24.3 Å². The zero-order chi connectivity index (χ0) is 17.3. The highest BCUT2D eigenvalue weighted by atomic mass is 35.5. The normalized spacial score (nSPS) is 16.0. The maximum Gasteiger partial charge on any atom is 0.191 e. The van der Waals surface area contributed by atoms with Crippen LogP contribution in [-0.4, -0.2) is 28.8 Å². The van der Waals surface area contributed by atoms with Gasteiger partial charge in [-0.05, 0) is 24.6 Å². The van der Waals surface area contributed by atoms with Gasteiger partial charge in [-0.2, -0.15) is 0 Å². The molecule has 1 aromatic carbocycles. The summed E-state index contributed by atoms with van der Waals surface area (Å²) in [6, 6.07) is 2.86. The van der Waals surface area contributed by atoms with Crippen molar-refractivity contribution in [1.29, 1.82) is 0 Å². The molecule has 0 amide bonds. The maximum absolute atomic E-state index is 14.5. The van der Waals surface area contributed by atoms with E-state index >= 15 is 0 Å². The van der Waals surface area contributed by atoms with Gasteiger partial charge in [-0.3, -0.25) is 0 Å². The fourth-order valence-corrected chi connectivity index (χ4v) is 3.24. The smallest absolute Gasteiger partial charge is 0.191 e. The molecule has 1 aromatic rings. The number of rotatable bonds is 4. The number of hydrogen-bond donors (Lipinski definition) is 2. The number of nitrogens with two attached hydrogens (primary N) is 2. The van der Waals surface area contributed by atoms with Gasteiger partial charge < -0.3 is 21.3 Å². The Bertz CT molecular complexity index is 765. The van der Waals surface area contributed by atoms with E-state index in [-0.39, 0.29) is 5.96 Å². The molecule has 0 saturated carbocycles. The first-order chi connectivity index (χ1) is 11.5. The molecule has 0 bridgehead atoms. The molecule has 0 aliphatic carbocycles. The zero-order valence-corrected chi connectivity index (χ0v) is 14.1. The Hall–Kier alpha value is -2.43. The Morgan fingerprint density at radius 2 is 2.17 bits per heavy atom. The van der Waals surface area contributed by atoms with E-state index in [9.17, 15) is 4.39 Å². The molecule has 0 aromatic heterocycles. The molecule has 0 atom stereocenters. The first kappa shape index (κ1) is 16.4. The second-order valence-corrected chi connectivity index (χ2v) is 6.04. The summed E-state index contributed by atoms with van der Waals surface area (Å²) in [7, 11) is 0. The molecule has 2 aliphatic heterocycles. The van der Waals surface area contributed by atoms with Gasteiger partial charge in [0.15, 0.2) is 5.96 Å². The Kier molecular flexibility index (Phi) is 4.51. The van der Waals surface area contributed by atoms with E-state index in [2.05, 4.69) is 27.4 Å². The fraction of sp³-hybridized carbons (Fsp3) is 0.294. The number of hydrogen-bond acceptors (Lipinski definition) is 3. The summed E-state index contributed by atoms with van der Waals surface area (Å²) in [4.78, 5) is 8.16. The predicted molar refractivity (Wildman–Crippen MR) is 94.0 cm³/mol. The predicted octanol–water partition coefficient (Wildman–Crippen LogP) is 2.81. The van der Waals surface area contributed by atoms with Crippen molar-refractivity contribution in [2.45, 2.75) is 19.9 Å². The Balaban J connectivity index is 1.84. The summed E-state index contributed by atoms with van der Waals surface area (Å²) < 4.78 is 14.5. The third kappa shape index (κ3) is 3.11. The van der Waals surface area contributed by atoms with Crippen LogP contribution in [0.15, 0.2) is 46.5 Å². The van der Waals surface area contributed by atoms with Gasteiger partial charge in [0, 0.05) is 31.3 Å². The topological polar surface area (TPSA) is 70.9 Å². The van der Waals surface area contributed by atoms with Crippen LogP contribution in [0.3, 0.4) is 0 Å². The number of halogens is 2. The van der Waals surface area contributed by atoms with Crippen molar-refractivity contribution >= 4 is 23.2 Å². The molecule has 0 unspecified atom stereocenters. The lowest BCUT2D eigenvalue weighted by Crippen LogP contribution is -2.24. The largest absolute Gasteiger partial charge is 0.370 e. The third-order valence-corrected chi connectivity index (χ3v) is 4.41. The minimum absolute atomic E-state index is 0.133. The van der Waals surface area contributed by atoms with E-state index in [1.165, 1.54) is 6.07 Å². The van der Waals surface area contributed by atoms with Gasteiger partial charge in [-0.15, -0.1) is 0 Å². The van der Waals surface area contributed by atoms with Crippen LogP contribution >= 0.6 is 11.6 Å². The van der Waals surface area contributed by atoms with Crippen LogP contribution in [-0.2, 0) is 6.54 Å². The summed E-state index contributed by atoms with van der Waals surface area (Å²) in [6.07, 6.45) is 4.80. The summed E-state index contributed by atoms with van der Waals surface area (Å²) >= 11 is 6.25. The molecule has 3 rings (SSSR count). The lowest BCUT2D eigenvalue weighted by atomic mass is 10.1. The molecule has 0 spiro atoms. The molecule has 2 aliphatic rings. The molecular weight excluding hydrogens is 329 g/mol. The Morgan fingerprint density at radius 1 is 1.38 bits per heavy atom. The van der Waals surface area contributed by atoms with Gasteiger partial charge >= 0.3 is 0 Å². The Labute approximate surface area is 145 Å². The average Bonchev–Trinajstić information content (AvgIpc) is 2.93. The number of fused-ring (bicyclic) bond motifs is 1. The molecule has 24 heavy (non-hydrogen) atoms. The quantitative estimate of drug-likeness (QED) is 0.499. The van der Waals surface area contributed by atoms with E-state index < -0.39 is 5.82 Å². The lowest BCUT2D eigenvalue weighted by Gasteiger charge is -2.27. The van der Waals surface area contributed by atoms with E-state index in [0.29, 0.717) is 22.8 Å². The molecular formula is C17H19ClFN5. The van der Waals surface area contributed by atoms with Crippen molar-refractivity contribution in [2.75, 3.05) is 13.1 Å². The van der Waals surface area contributed by atoms with E-state index in [1.807, 2.05) is 12.2 Å². The van der Waals surface area contributed by atoms with Gasteiger partial charge in [0.25, 0.3) is 0 Å². The highest BCUT2D eigenvalue weighted by Gasteiger charge is 2.28. The van der Waals surface area contributed by atoms with Crippen LogP contribution in [0.2, 0.25) is 5.02 Å². The summed E-state index contributed by atoms with van der Waals surface area (Å²) in [5.74, 6) is 0.500. The summed E-state index contributed by atoms with van der Waals surface area (Å²) in [5.41, 5.74) is 15.8. The first-order valence-electron chi connectivity index (χ1n) is 7.75. The molecule has 5 nitrogen and oxygen atoms in total. The van der Waals surface area contributed by atoms with Crippen LogP contribution in [0.1, 0.15) is 18.9 Å². The third-order valence-electron chi connectivity index (χ3n) is 4.07. The lowest BCUT2D eigenvalue weighted by molar-refractivity contribution is 0.351. The minimum atomic E-state index is -0.417. The van der Waals surface area contributed by atoms with Crippen molar-refractivity contribution < 1.29 is 4.39 Å². The van der Waals surface area contributed by atoms with Gasteiger partial charge in [0.05, 0.1) is 16.4 Å². The van der Waals surface area contributed by atoms with E-state index in [1.54, 1.807) is 6.07 Å². The second-order valence-electron chi connectivity index (χ2n) is 5.63. The van der Waals surface area contributed by atoms with Crippen LogP contribution < -0.4 is 11.5 Å². The van der Waals surface area contributed by atoms with Crippen molar-refractivity contribution in [2.24, 2.45) is 16.5 Å². The van der Waals surface area contributed by atoms with Gasteiger partial charge in [-0.25, -0.2) is 9.38 Å². The summed E-state index contributed by atoms with van der Waals surface area (Å²) in [6.45, 7) is 4.15. The number of allylic oxidation sites excluding steroid dienone is 2. The fourth-order valence-electron chi connectivity index (χ4n) is 2.98. The highest BCUT2D eigenvalue weighted by Crippen LogP contribution is 2.32. The van der Waals surface area contributed by atoms with Crippen LogP contribution in [0, 0.1) is 5.82 Å². The van der Waals surface area contributed by atoms with Gasteiger partial charge in [0.2, 0.25) is 0 Å². The van der Waals surface area contributed by atoms with Crippen molar-refractivity contribution in [1.82, 2.24) is 9.80 Å². The number of benzene rings is 1. The van der Waals surface area contributed by atoms with Crippen molar-refractivity contribution in [3.63, 3.8) is 0 Å². The van der Waals surface area contributed by atoms with Crippen molar-refractivity contribution in [3.8, 4) is 0 Å². The van der Waals surface area contributed by atoms with Gasteiger partial charge in [0.1, 0.15) is 11.6 Å². The molecule has 7 heteroatoms. The zero-order valence-electron chi connectivity index (χ0n) is 13.4. The first-order valence-corrected chi connectivity index (χ1v) is 8.13. The van der Waals surface area contributed by atoms with E-state index in [4.69, 9.17) is 23.1 Å². The molecule has 0 radical (unpaired) electrons. The van der Waals surface area contributed by atoms with Crippen LogP contribution in [0.5, 0.6) is 0 Å². The number of guanidine groups is 1. The van der Waals surface area contributed by atoms with E-state index in [0.717, 1.165) is 31.0 Å². The summed E-state index contributed by atoms with van der Waals surface area (Å²) in [5, 5.41) is 0.312. The highest BCUT2D eigenvalue weighted by molar-refractivity contribution is 6.31. The molecule has 1 fully saturated rings. The molecule has 126 valence electrons. The monoisotopic (exact) mass is 347 g/mol. The molecule has 4 N–H and O–H groups in total. The maximum atomic E-state index is 14.5.